The second-order valence-corrected chi connectivity index (χ2v) is 6.29. The summed E-state index contributed by atoms with van der Waals surface area (Å²) in [6, 6.07) is 3.46. The summed E-state index contributed by atoms with van der Waals surface area (Å²) in [5, 5.41) is 47.5. The number of H-pyrrole nitrogens is 1. The Bertz CT molecular complexity index is 596. The van der Waals surface area contributed by atoms with E-state index in [1.807, 2.05) is 0 Å². The van der Waals surface area contributed by atoms with Crippen LogP contribution in [0.2, 0.25) is 0 Å². The number of benzene rings is 1. The number of aromatic amines is 1. The van der Waals surface area contributed by atoms with Crippen LogP contribution in [0, 0.1) is 0 Å². The largest absolute Gasteiger partial charge is 0.394 e. The molecule has 0 aliphatic carbocycles. The van der Waals surface area contributed by atoms with Gasteiger partial charge in [0.05, 0.1) is 17.6 Å². The standard InChI is InChI=1S/C12H14Br2N2O5/c13-4-1-6-7(2-5(4)14)16-12(15-6)11(21)10(20)9(19)8(18)3-17/h1-2,8-11,17-21H,3H2,(H,15,16)/t8?,9-,10+,11?/m1/s1. The van der Waals surface area contributed by atoms with Gasteiger partial charge in [-0.15, -0.1) is 0 Å². The third kappa shape index (κ3) is 3.45. The normalized spacial score (nSPS) is 17.7. The SMILES string of the molecule is OCC(O)[C@@H](O)[C@H](O)C(O)c1nc2cc(Br)c(Br)cc2[nH]1. The fourth-order valence-corrected chi connectivity index (χ4v) is 2.52. The van der Waals surface area contributed by atoms with Crippen molar-refractivity contribution in [1.29, 1.82) is 0 Å². The molecule has 0 saturated heterocycles. The molecule has 2 aromatic rings. The molecule has 0 spiro atoms. The zero-order chi connectivity index (χ0) is 15.7. The molecule has 21 heavy (non-hydrogen) atoms. The highest BCUT2D eigenvalue weighted by Gasteiger charge is 2.32. The van der Waals surface area contributed by atoms with Crippen molar-refractivity contribution in [2.75, 3.05) is 6.61 Å². The highest BCUT2D eigenvalue weighted by molar-refractivity contribution is 9.13. The number of hydrogen-bond acceptors (Lipinski definition) is 6. The molecule has 6 N–H and O–H groups in total. The highest BCUT2D eigenvalue weighted by atomic mass is 79.9. The summed E-state index contributed by atoms with van der Waals surface area (Å²) in [7, 11) is 0. The van der Waals surface area contributed by atoms with E-state index in [9.17, 15) is 20.4 Å². The monoisotopic (exact) mass is 424 g/mol. The van der Waals surface area contributed by atoms with Crippen molar-refractivity contribution in [3.63, 3.8) is 0 Å². The highest BCUT2D eigenvalue weighted by Crippen LogP contribution is 2.29. The molecule has 4 atom stereocenters. The minimum Gasteiger partial charge on any atom is -0.394 e. The lowest BCUT2D eigenvalue weighted by molar-refractivity contribution is -0.117. The summed E-state index contributed by atoms with van der Waals surface area (Å²) in [4.78, 5) is 6.96. The van der Waals surface area contributed by atoms with Gasteiger partial charge >= 0.3 is 0 Å². The van der Waals surface area contributed by atoms with Gasteiger partial charge in [-0.2, -0.15) is 0 Å². The van der Waals surface area contributed by atoms with E-state index in [2.05, 4.69) is 41.8 Å². The first-order valence-corrected chi connectivity index (χ1v) is 7.61. The second kappa shape index (κ2) is 6.69. The molecule has 9 heteroatoms. The van der Waals surface area contributed by atoms with Crippen molar-refractivity contribution in [2.45, 2.75) is 24.4 Å². The zero-order valence-corrected chi connectivity index (χ0v) is 13.8. The van der Waals surface area contributed by atoms with E-state index in [0.29, 0.717) is 11.0 Å². The van der Waals surface area contributed by atoms with Crippen molar-refractivity contribution < 1.29 is 25.5 Å². The molecule has 116 valence electrons. The molecule has 2 unspecified atom stereocenters. The molecule has 7 nitrogen and oxygen atoms in total. The first kappa shape index (κ1) is 16.8. The van der Waals surface area contributed by atoms with Gasteiger partial charge in [0, 0.05) is 8.95 Å². The molecule has 0 aliphatic heterocycles. The minimum absolute atomic E-state index is 0.0479. The van der Waals surface area contributed by atoms with Gasteiger partial charge in [0.2, 0.25) is 0 Å². The Kier molecular flexibility index (Phi) is 5.36. The van der Waals surface area contributed by atoms with Crippen LogP contribution in [0.5, 0.6) is 0 Å². The van der Waals surface area contributed by atoms with Crippen LogP contribution in [-0.2, 0) is 0 Å². The fourth-order valence-electron chi connectivity index (χ4n) is 1.85. The number of rotatable bonds is 5. The quantitative estimate of drug-likeness (QED) is 0.405. The smallest absolute Gasteiger partial charge is 0.140 e. The molecule has 0 aliphatic rings. The van der Waals surface area contributed by atoms with E-state index in [1.165, 1.54) is 0 Å². The summed E-state index contributed by atoms with van der Waals surface area (Å²) in [6.07, 6.45) is -6.48. The zero-order valence-electron chi connectivity index (χ0n) is 10.6. The van der Waals surface area contributed by atoms with Crippen LogP contribution in [0.1, 0.15) is 11.9 Å². The molecule has 2 rings (SSSR count). The predicted octanol–water partition coefficient (Wildman–Crippen LogP) is 0.196. The van der Waals surface area contributed by atoms with Crippen LogP contribution in [-0.4, -0.2) is 60.4 Å². The fraction of sp³-hybridized carbons (Fsp3) is 0.417. The molecule has 0 fully saturated rings. The van der Waals surface area contributed by atoms with Crippen LogP contribution in [0.15, 0.2) is 21.1 Å². The Hall–Kier alpha value is -0.550. The topological polar surface area (TPSA) is 130 Å². The van der Waals surface area contributed by atoms with Crippen LogP contribution >= 0.6 is 31.9 Å². The van der Waals surface area contributed by atoms with Gasteiger partial charge in [-0.3, -0.25) is 0 Å². The average Bonchev–Trinajstić information content (AvgIpc) is 2.87. The predicted molar refractivity (Wildman–Crippen MR) is 81.6 cm³/mol. The number of nitrogens with one attached hydrogen (secondary N) is 1. The molecule has 0 amide bonds. The van der Waals surface area contributed by atoms with Gasteiger partial charge in [0.1, 0.15) is 30.2 Å². The Labute approximate surface area is 136 Å². The van der Waals surface area contributed by atoms with E-state index < -0.39 is 31.0 Å². The molecular formula is C12H14Br2N2O5. The van der Waals surface area contributed by atoms with Gasteiger partial charge in [0.15, 0.2) is 0 Å². The third-order valence-electron chi connectivity index (χ3n) is 3.08. The number of nitrogens with zero attached hydrogens (tertiary/aromatic N) is 1. The van der Waals surface area contributed by atoms with E-state index in [-0.39, 0.29) is 5.82 Å². The first-order valence-electron chi connectivity index (χ1n) is 6.03. The Morgan fingerprint density at radius 1 is 1.05 bits per heavy atom. The van der Waals surface area contributed by atoms with Crippen molar-refractivity contribution in [1.82, 2.24) is 9.97 Å². The molecule has 1 aromatic carbocycles. The van der Waals surface area contributed by atoms with Gasteiger partial charge < -0.3 is 30.5 Å². The maximum atomic E-state index is 10.0. The molecular weight excluding hydrogens is 412 g/mol. The van der Waals surface area contributed by atoms with Crippen LogP contribution < -0.4 is 0 Å². The summed E-state index contributed by atoms with van der Waals surface area (Å²) in [6.45, 7) is -0.731. The van der Waals surface area contributed by atoms with E-state index in [1.54, 1.807) is 12.1 Å². The molecule has 0 bridgehead atoms. The Balaban J connectivity index is 2.28. The molecule has 1 aromatic heterocycles. The van der Waals surface area contributed by atoms with Crippen LogP contribution in [0.4, 0.5) is 0 Å². The van der Waals surface area contributed by atoms with Gasteiger partial charge in [-0.1, -0.05) is 0 Å². The van der Waals surface area contributed by atoms with E-state index in [4.69, 9.17) is 5.11 Å². The number of fused-ring (bicyclic) bond motifs is 1. The van der Waals surface area contributed by atoms with Crippen LogP contribution in [0.3, 0.4) is 0 Å². The van der Waals surface area contributed by atoms with E-state index >= 15 is 0 Å². The van der Waals surface area contributed by atoms with Crippen molar-refractivity contribution in [2.24, 2.45) is 0 Å². The lowest BCUT2D eigenvalue weighted by Gasteiger charge is -2.24. The summed E-state index contributed by atoms with van der Waals surface area (Å²) < 4.78 is 1.56. The molecule has 0 saturated carbocycles. The number of aromatic nitrogens is 2. The third-order valence-corrected chi connectivity index (χ3v) is 4.92. The minimum atomic E-state index is -1.70. The number of aliphatic hydroxyl groups excluding tert-OH is 5. The summed E-state index contributed by atoms with van der Waals surface area (Å²) in [5.74, 6) is 0.0479. The lowest BCUT2D eigenvalue weighted by atomic mass is 10.0. The Morgan fingerprint density at radius 3 is 2.29 bits per heavy atom. The second-order valence-electron chi connectivity index (χ2n) is 4.58. The lowest BCUT2D eigenvalue weighted by Crippen LogP contribution is -2.42. The maximum absolute atomic E-state index is 10.0. The van der Waals surface area contributed by atoms with Crippen molar-refractivity contribution in [3.05, 3.63) is 26.9 Å². The number of halogens is 2. The van der Waals surface area contributed by atoms with Crippen molar-refractivity contribution >= 4 is 42.9 Å². The summed E-state index contributed by atoms with van der Waals surface area (Å²) >= 11 is 6.67. The summed E-state index contributed by atoms with van der Waals surface area (Å²) in [5.41, 5.74) is 1.19. The Morgan fingerprint density at radius 2 is 1.67 bits per heavy atom. The number of hydrogen-bond donors (Lipinski definition) is 6. The number of imidazole rings is 1. The van der Waals surface area contributed by atoms with E-state index in [0.717, 1.165) is 8.95 Å². The molecule has 0 radical (unpaired) electrons. The van der Waals surface area contributed by atoms with Crippen molar-refractivity contribution in [3.8, 4) is 0 Å². The molecule has 1 heterocycles. The average molecular weight is 426 g/mol. The van der Waals surface area contributed by atoms with Crippen LogP contribution in [0.25, 0.3) is 11.0 Å². The van der Waals surface area contributed by atoms with Gasteiger partial charge in [-0.25, -0.2) is 4.98 Å². The van der Waals surface area contributed by atoms with Gasteiger partial charge in [0.25, 0.3) is 0 Å². The van der Waals surface area contributed by atoms with Gasteiger partial charge in [-0.05, 0) is 44.0 Å². The number of aliphatic hydroxyl groups is 5. The maximum Gasteiger partial charge on any atom is 0.140 e. The first-order chi connectivity index (χ1) is 9.85.